The van der Waals surface area contributed by atoms with Crippen molar-refractivity contribution in [2.45, 2.75) is 31.7 Å². The van der Waals surface area contributed by atoms with Crippen molar-refractivity contribution in [3.05, 3.63) is 0 Å². The lowest BCUT2D eigenvalue weighted by atomic mass is 10.1. The van der Waals surface area contributed by atoms with Gasteiger partial charge in [-0.3, -0.25) is 0 Å². The number of alkyl halides is 3. The van der Waals surface area contributed by atoms with Crippen LogP contribution in [0.5, 0.6) is 0 Å². The van der Waals surface area contributed by atoms with E-state index in [-0.39, 0.29) is 11.0 Å². The zero-order chi connectivity index (χ0) is 12.1. The average molecular weight is 244 g/mol. The number of halogens is 3. The smallest absolute Gasteiger partial charge is 0.399 e. The molecule has 3 N–H and O–H groups in total. The number of nitrogens with two attached hydrogens (primary N) is 1. The Labute approximate surface area is 90.9 Å². The lowest BCUT2D eigenvalue weighted by Crippen LogP contribution is -2.38. The zero-order valence-electron chi connectivity index (χ0n) is 8.58. The molecule has 7 heteroatoms. The summed E-state index contributed by atoms with van der Waals surface area (Å²) in [6.07, 6.45) is -3.68. The van der Waals surface area contributed by atoms with Crippen LogP contribution in [0, 0.1) is 5.92 Å². The predicted octanol–water partition coefficient (Wildman–Crippen LogP) is 2.44. The molecule has 90 valence electrons. The standard InChI is InChI=1S/C8H15F3N2OS/c1-3-5(2)15-4-6(7(12)13-14)8(9,10)11/h5-6,14H,3-4H2,1-2H3,(H2,12,13). The monoisotopic (exact) mass is 244 g/mol. The second-order valence-electron chi connectivity index (χ2n) is 3.17. The minimum Gasteiger partial charge on any atom is -0.409 e. The van der Waals surface area contributed by atoms with E-state index >= 15 is 0 Å². The van der Waals surface area contributed by atoms with Crippen molar-refractivity contribution in [1.82, 2.24) is 0 Å². The van der Waals surface area contributed by atoms with Gasteiger partial charge in [0, 0.05) is 11.0 Å². The molecule has 0 saturated carbocycles. The molecule has 0 aromatic heterocycles. The minimum absolute atomic E-state index is 0.126. The molecule has 2 unspecified atom stereocenters. The van der Waals surface area contributed by atoms with E-state index in [4.69, 9.17) is 10.9 Å². The van der Waals surface area contributed by atoms with Gasteiger partial charge in [0.05, 0.1) is 0 Å². The molecule has 0 radical (unpaired) electrons. The maximum absolute atomic E-state index is 12.4. The first-order valence-corrected chi connectivity index (χ1v) is 5.53. The van der Waals surface area contributed by atoms with E-state index in [1.165, 1.54) is 0 Å². The third-order valence-electron chi connectivity index (χ3n) is 1.99. The number of hydrogen-bond donors (Lipinski definition) is 2. The van der Waals surface area contributed by atoms with Gasteiger partial charge >= 0.3 is 6.18 Å². The van der Waals surface area contributed by atoms with E-state index in [1.807, 2.05) is 13.8 Å². The van der Waals surface area contributed by atoms with Crippen LogP contribution in [0.2, 0.25) is 0 Å². The van der Waals surface area contributed by atoms with Crippen LogP contribution in [0.4, 0.5) is 13.2 Å². The molecule has 0 aromatic rings. The van der Waals surface area contributed by atoms with Crippen molar-refractivity contribution < 1.29 is 18.4 Å². The van der Waals surface area contributed by atoms with Crippen molar-refractivity contribution in [2.75, 3.05) is 5.75 Å². The first-order valence-electron chi connectivity index (χ1n) is 4.48. The molecule has 0 aromatic carbocycles. The maximum Gasteiger partial charge on any atom is 0.399 e. The Bertz CT molecular complexity index is 220. The third kappa shape index (κ3) is 5.15. The molecule has 0 amide bonds. The number of amidine groups is 1. The Balaban J connectivity index is 4.41. The molecule has 0 fully saturated rings. The molecule has 0 rings (SSSR count). The van der Waals surface area contributed by atoms with E-state index < -0.39 is 17.9 Å². The fraction of sp³-hybridized carbons (Fsp3) is 0.875. The minimum atomic E-state index is -4.46. The van der Waals surface area contributed by atoms with E-state index in [9.17, 15) is 13.2 Å². The fourth-order valence-corrected chi connectivity index (χ4v) is 1.91. The molecule has 0 heterocycles. The van der Waals surface area contributed by atoms with Gasteiger partial charge in [-0.05, 0) is 6.42 Å². The third-order valence-corrected chi connectivity index (χ3v) is 3.42. The fourth-order valence-electron chi connectivity index (χ4n) is 0.796. The van der Waals surface area contributed by atoms with Crippen molar-refractivity contribution in [2.24, 2.45) is 16.8 Å². The number of thioether (sulfide) groups is 1. The van der Waals surface area contributed by atoms with Gasteiger partial charge in [0.1, 0.15) is 5.92 Å². The van der Waals surface area contributed by atoms with Crippen molar-refractivity contribution in [3.8, 4) is 0 Å². The van der Waals surface area contributed by atoms with Crippen LogP contribution >= 0.6 is 11.8 Å². The molecule has 0 aliphatic heterocycles. The summed E-state index contributed by atoms with van der Waals surface area (Å²) in [6, 6.07) is 0. The summed E-state index contributed by atoms with van der Waals surface area (Å²) in [5, 5.41) is 10.8. The van der Waals surface area contributed by atoms with E-state index in [2.05, 4.69) is 5.16 Å². The molecule has 15 heavy (non-hydrogen) atoms. The van der Waals surface area contributed by atoms with E-state index in [0.29, 0.717) is 0 Å². The van der Waals surface area contributed by atoms with Gasteiger partial charge in [-0.25, -0.2) is 0 Å². The highest BCUT2D eigenvalue weighted by molar-refractivity contribution is 7.99. The largest absolute Gasteiger partial charge is 0.409 e. The van der Waals surface area contributed by atoms with Crippen LogP contribution < -0.4 is 5.73 Å². The first kappa shape index (κ1) is 14.4. The van der Waals surface area contributed by atoms with Gasteiger partial charge in [0.25, 0.3) is 0 Å². The molecular formula is C8H15F3N2OS. The normalized spacial score (nSPS) is 17.5. The summed E-state index contributed by atoms with van der Waals surface area (Å²) in [6.45, 7) is 3.73. The molecule has 0 aliphatic rings. The number of hydrogen-bond acceptors (Lipinski definition) is 3. The summed E-state index contributed by atoms with van der Waals surface area (Å²) in [7, 11) is 0. The number of rotatable bonds is 5. The second-order valence-corrected chi connectivity index (χ2v) is 4.64. The highest BCUT2D eigenvalue weighted by Gasteiger charge is 2.42. The molecule has 2 atom stereocenters. The summed E-state index contributed by atoms with van der Waals surface area (Å²) in [5.74, 6) is -2.87. The van der Waals surface area contributed by atoms with Gasteiger partial charge in [-0.15, -0.1) is 0 Å². The van der Waals surface area contributed by atoms with Crippen LogP contribution in [0.25, 0.3) is 0 Å². The van der Waals surface area contributed by atoms with Crippen LogP contribution in [-0.2, 0) is 0 Å². The molecule has 0 saturated heterocycles. The Kier molecular flexibility index (Phi) is 5.85. The second kappa shape index (κ2) is 6.09. The van der Waals surface area contributed by atoms with Crippen molar-refractivity contribution in [3.63, 3.8) is 0 Å². The number of oxime groups is 1. The van der Waals surface area contributed by atoms with E-state index in [1.54, 1.807) is 0 Å². The van der Waals surface area contributed by atoms with Crippen LogP contribution in [0.3, 0.4) is 0 Å². The molecular weight excluding hydrogens is 229 g/mol. The van der Waals surface area contributed by atoms with Gasteiger partial charge < -0.3 is 10.9 Å². The van der Waals surface area contributed by atoms with Crippen molar-refractivity contribution >= 4 is 17.6 Å². The van der Waals surface area contributed by atoms with Crippen LogP contribution in [-0.4, -0.2) is 28.2 Å². The Morgan fingerprint density at radius 3 is 2.40 bits per heavy atom. The van der Waals surface area contributed by atoms with Gasteiger partial charge in [0.2, 0.25) is 0 Å². The van der Waals surface area contributed by atoms with E-state index in [0.717, 1.165) is 18.2 Å². The lowest BCUT2D eigenvalue weighted by Gasteiger charge is -2.19. The molecule has 3 nitrogen and oxygen atoms in total. The lowest BCUT2D eigenvalue weighted by molar-refractivity contribution is -0.150. The first-order chi connectivity index (χ1) is 6.82. The molecule has 0 aliphatic carbocycles. The average Bonchev–Trinajstić information content (AvgIpc) is 2.15. The van der Waals surface area contributed by atoms with Crippen LogP contribution in [0.15, 0.2) is 5.16 Å². The highest BCUT2D eigenvalue weighted by Crippen LogP contribution is 2.30. The Morgan fingerprint density at radius 1 is 1.53 bits per heavy atom. The van der Waals surface area contributed by atoms with Crippen molar-refractivity contribution in [1.29, 1.82) is 0 Å². The summed E-state index contributed by atoms with van der Waals surface area (Å²) < 4.78 is 37.3. The number of nitrogens with zero attached hydrogens (tertiary/aromatic N) is 1. The molecule has 0 spiro atoms. The predicted molar refractivity (Wildman–Crippen MR) is 55.2 cm³/mol. The quantitative estimate of drug-likeness (QED) is 0.338. The van der Waals surface area contributed by atoms with Gasteiger partial charge in [-0.1, -0.05) is 19.0 Å². The summed E-state index contributed by atoms with van der Waals surface area (Å²) >= 11 is 1.16. The highest BCUT2D eigenvalue weighted by atomic mass is 32.2. The van der Waals surface area contributed by atoms with Gasteiger partial charge in [0.15, 0.2) is 5.84 Å². The summed E-state index contributed by atoms with van der Waals surface area (Å²) in [5.41, 5.74) is 5.00. The summed E-state index contributed by atoms with van der Waals surface area (Å²) in [4.78, 5) is 0. The Hall–Kier alpha value is -0.590. The Morgan fingerprint density at radius 2 is 2.07 bits per heavy atom. The SMILES string of the molecule is CCC(C)SCC(C(N)=NO)C(F)(F)F. The maximum atomic E-state index is 12.4. The van der Waals surface area contributed by atoms with Gasteiger partial charge in [-0.2, -0.15) is 24.9 Å². The molecule has 0 bridgehead atoms. The topological polar surface area (TPSA) is 58.6 Å². The van der Waals surface area contributed by atoms with Crippen LogP contribution in [0.1, 0.15) is 20.3 Å². The zero-order valence-corrected chi connectivity index (χ0v) is 9.40.